The van der Waals surface area contributed by atoms with Crippen molar-refractivity contribution in [2.75, 3.05) is 0 Å². The number of halogens is 1. The van der Waals surface area contributed by atoms with Crippen molar-refractivity contribution in [1.82, 2.24) is 9.88 Å². The van der Waals surface area contributed by atoms with Gasteiger partial charge in [-0.3, -0.25) is 0 Å². The molecule has 0 spiro atoms. The van der Waals surface area contributed by atoms with E-state index in [9.17, 15) is 4.39 Å². The van der Waals surface area contributed by atoms with Crippen molar-refractivity contribution in [3.63, 3.8) is 0 Å². The molecule has 3 heteroatoms. The Bertz CT molecular complexity index is 490. The highest BCUT2D eigenvalue weighted by Gasteiger charge is 2.09. The molecule has 0 fully saturated rings. The van der Waals surface area contributed by atoms with Crippen LogP contribution in [0.3, 0.4) is 0 Å². The average Bonchev–Trinajstić information content (AvgIpc) is 2.73. The fourth-order valence-electron chi connectivity index (χ4n) is 1.87. The molecule has 0 unspecified atom stereocenters. The molecule has 0 amide bonds. The van der Waals surface area contributed by atoms with Gasteiger partial charge in [-0.15, -0.1) is 0 Å². The molecule has 0 bridgehead atoms. The second-order valence-electron chi connectivity index (χ2n) is 4.31. The van der Waals surface area contributed by atoms with Gasteiger partial charge in [0.1, 0.15) is 5.82 Å². The number of rotatable bonds is 4. The van der Waals surface area contributed by atoms with Crippen molar-refractivity contribution < 1.29 is 4.39 Å². The van der Waals surface area contributed by atoms with E-state index in [-0.39, 0.29) is 11.9 Å². The first kappa shape index (κ1) is 11.9. The minimum Gasteiger partial charge on any atom is -0.357 e. The first-order valence-corrected chi connectivity index (χ1v) is 5.75. The van der Waals surface area contributed by atoms with Crippen molar-refractivity contribution in [2.45, 2.75) is 19.5 Å². The Morgan fingerprint density at radius 1 is 1.29 bits per heavy atom. The summed E-state index contributed by atoms with van der Waals surface area (Å²) >= 11 is 0. The molecule has 2 nitrogen and oxygen atoms in total. The lowest BCUT2D eigenvalue weighted by Gasteiger charge is -2.14. The number of aryl methyl sites for hydroxylation is 1. The van der Waals surface area contributed by atoms with Gasteiger partial charge >= 0.3 is 0 Å². The van der Waals surface area contributed by atoms with Gasteiger partial charge < -0.3 is 9.88 Å². The number of aromatic nitrogens is 1. The average molecular weight is 232 g/mol. The van der Waals surface area contributed by atoms with E-state index in [4.69, 9.17) is 0 Å². The zero-order valence-electron chi connectivity index (χ0n) is 10.2. The summed E-state index contributed by atoms with van der Waals surface area (Å²) < 4.78 is 15.5. The molecule has 1 atom stereocenters. The van der Waals surface area contributed by atoms with Crippen LogP contribution in [0.15, 0.2) is 42.7 Å². The van der Waals surface area contributed by atoms with Gasteiger partial charge in [-0.05, 0) is 24.6 Å². The second kappa shape index (κ2) is 5.15. The maximum Gasteiger partial charge on any atom is 0.127 e. The largest absolute Gasteiger partial charge is 0.357 e. The minimum atomic E-state index is -0.152. The lowest BCUT2D eigenvalue weighted by Crippen LogP contribution is -2.18. The van der Waals surface area contributed by atoms with Gasteiger partial charge in [0.2, 0.25) is 0 Å². The van der Waals surface area contributed by atoms with Crippen molar-refractivity contribution in [3.8, 4) is 0 Å². The molecule has 0 aliphatic heterocycles. The lowest BCUT2D eigenvalue weighted by atomic mass is 10.1. The predicted octanol–water partition coefficient (Wildman–Crippen LogP) is 3.02. The highest BCUT2D eigenvalue weighted by atomic mass is 19.1. The van der Waals surface area contributed by atoms with Crippen LogP contribution < -0.4 is 5.32 Å². The van der Waals surface area contributed by atoms with Crippen LogP contribution in [0.2, 0.25) is 0 Å². The Morgan fingerprint density at radius 2 is 2.06 bits per heavy atom. The Morgan fingerprint density at radius 3 is 2.71 bits per heavy atom. The van der Waals surface area contributed by atoms with Crippen molar-refractivity contribution in [1.29, 1.82) is 0 Å². The molecule has 1 aromatic heterocycles. The number of benzene rings is 1. The maximum atomic E-state index is 13.5. The fraction of sp³-hybridized carbons (Fsp3) is 0.286. The summed E-state index contributed by atoms with van der Waals surface area (Å²) in [5.74, 6) is -0.152. The number of nitrogens with one attached hydrogen (secondary N) is 1. The van der Waals surface area contributed by atoms with Crippen molar-refractivity contribution >= 4 is 0 Å². The molecule has 17 heavy (non-hydrogen) atoms. The third-order valence-electron chi connectivity index (χ3n) is 2.88. The molecular weight excluding hydrogens is 215 g/mol. The summed E-state index contributed by atoms with van der Waals surface area (Å²) in [6, 6.07) is 8.95. The molecule has 0 aliphatic rings. The smallest absolute Gasteiger partial charge is 0.127 e. The van der Waals surface area contributed by atoms with Crippen molar-refractivity contribution in [3.05, 3.63) is 59.7 Å². The van der Waals surface area contributed by atoms with E-state index in [0.717, 1.165) is 6.54 Å². The Balaban J connectivity index is 1.98. The van der Waals surface area contributed by atoms with Crippen LogP contribution in [0, 0.1) is 5.82 Å². The van der Waals surface area contributed by atoms with E-state index < -0.39 is 0 Å². The number of nitrogens with zero attached hydrogens (tertiary/aromatic N) is 1. The minimum absolute atomic E-state index is 0.0106. The second-order valence-corrected chi connectivity index (χ2v) is 4.31. The van der Waals surface area contributed by atoms with Gasteiger partial charge in [-0.2, -0.15) is 0 Å². The van der Waals surface area contributed by atoms with Crippen LogP contribution in [0.5, 0.6) is 0 Å². The summed E-state index contributed by atoms with van der Waals surface area (Å²) in [7, 11) is 1.99. The van der Waals surface area contributed by atoms with Gasteiger partial charge in [-0.1, -0.05) is 18.2 Å². The maximum absolute atomic E-state index is 13.5. The number of hydrogen-bond acceptors (Lipinski definition) is 1. The summed E-state index contributed by atoms with van der Waals surface area (Å²) in [5, 5.41) is 3.32. The van der Waals surface area contributed by atoms with Gasteiger partial charge in [0, 0.05) is 37.6 Å². The lowest BCUT2D eigenvalue weighted by molar-refractivity contribution is 0.528. The Labute approximate surface area is 101 Å². The van der Waals surface area contributed by atoms with Crippen LogP contribution >= 0.6 is 0 Å². The SMILES string of the molecule is C[C@@H](NCc1ccn(C)c1)c1ccccc1F. The zero-order chi connectivity index (χ0) is 12.3. The van der Waals surface area contributed by atoms with Crippen LogP contribution in [-0.2, 0) is 13.6 Å². The molecule has 0 radical (unpaired) electrons. The molecular formula is C14H17FN2. The topological polar surface area (TPSA) is 17.0 Å². The van der Waals surface area contributed by atoms with Crippen LogP contribution in [0.4, 0.5) is 4.39 Å². The van der Waals surface area contributed by atoms with E-state index in [2.05, 4.69) is 17.6 Å². The van der Waals surface area contributed by atoms with Crippen molar-refractivity contribution in [2.24, 2.45) is 7.05 Å². The first-order chi connectivity index (χ1) is 8.16. The summed E-state index contributed by atoms with van der Waals surface area (Å²) in [6.45, 7) is 2.72. The molecule has 1 heterocycles. The predicted molar refractivity (Wildman–Crippen MR) is 67.1 cm³/mol. The number of hydrogen-bond donors (Lipinski definition) is 1. The Kier molecular flexibility index (Phi) is 3.59. The highest BCUT2D eigenvalue weighted by Crippen LogP contribution is 2.16. The molecule has 1 N–H and O–H groups in total. The van der Waals surface area contributed by atoms with Gasteiger partial charge in [-0.25, -0.2) is 4.39 Å². The third-order valence-corrected chi connectivity index (χ3v) is 2.88. The van der Waals surface area contributed by atoms with Crippen LogP contribution in [0.25, 0.3) is 0 Å². The van der Waals surface area contributed by atoms with E-state index in [0.29, 0.717) is 5.56 Å². The molecule has 1 aromatic carbocycles. The molecule has 2 aromatic rings. The van der Waals surface area contributed by atoms with E-state index in [1.807, 2.05) is 36.9 Å². The highest BCUT2D eigenvalue weighted by molar-refractivity contribution is 5.21. The molecule has 0 saturated carbocycles. The Hall–Kier alpha value is -1.61. The normalized spacial score (nSPS) is 12.6. The van der Waals surface area contributed by atoms with Crippen LogP contribution in [-0.4, -0.2) is 4.57 Å². The molecule has 0 saturated heterocycles. The summed E-state index contributed by atoms with van der Waals surface area (Å²) in [4.78, 5) is 0. The molecule has 0 aliphatic carbocycles. The van der Waals surface area contributed by atoms with Gasteiger partial charge in [0.25, 0.3) is 0 Å². The van der Waals surface area contributed by atoms with E-state index in [1.54, 1.807) is 6.07 Å². The van der Waals surface area contributed by atoms with Crippen LogP contribution in [0.1, 0.15) is 24.1 Å². The zero-order valence-corrected chi connectivity index (χ0v) is 10.2. The fourth-order valence-corrected chi connectivity index (χ4v) is 1.87. The summed E-state index contributed by atoms with van der Waals surface area (Å²) in [5.41, 5.74) is 1.92. The molecule has 90 valence electrons. The molecule has 2 rings (SSSR count). The van der Waals surface area contributed by atoms with Gasteiger partial charge in [0.15, 0.2) is 0 Å². The summed E-state index contributed by atoms with van der Waals surface area (Å²) in [6.07, 6.45) is 4.06. The quantitative estimate of drug-likeness (QED) is 0.857. The van der Waals surface area contributed by atoms with Gasteiger partial charge in [0.05, 0.1) is 0 Å². The monoisotopic (exact) mass is 232 g/mol. The first-order valence-electron chi connectivity index (χ1n) is 5.75. The standard InChI is InChI=1S/C14H17FN2/c1-11(13-5-3-4-6-14(13)15)16-9-12-7-8-17(2)10-12/h3-8,10-11,16H,9H2,1-2H3/t11-/m1/s1. The van der Waals surface area contributed by atoms with E-state index in [1.165, 1.54) is 11.6 Å². The third kappa shape index (κ3) is 2.94. The van der Waals surface area contributed by atoms with E-state index >= 15 is 0 Å².